The first-order valence-corrected chi connectivity index (χ1v) is 8.44. The number of nitrogens with zero attached hydrogens (tertiary/aromatic N) is 1. The van der Waals surface area contributed by atoms with Crippen molar-refractivity contribution in [2.75, 3.05) is 13.7 Å². The van der Waals surface area contributed by atoms with Crippen LogP contribution >= 0.6 is 15.9 Å². The fourth-order valence-corrected chi connectivity index (χ4v) is 2.17. The van der Waals surface area contributed by atoms with Crippen molar-refractivity contribution in [3.05, 3.63) is 58.1 Å². The highest BCUT2D eigenvalue weighted by molar-refractivity contribution is 9.10. The molecule has 0 aliphatic carbocycles. The summed E-state index contributed by atoms with van der Waals surface area (Å²) in [5.41, 5.74) is 3.25. The highest BCUT2D eigenvalue weighted by Gasteiger charge is 2.13. The summed E-state index contributed by atoms with van der Waals surface area (Å²) < 4.78 is 16.2. The molecule has 0 fully saturated rings. The molecule has 136 valence electrons. The Bertz CT molecular complexity index is 806. The lowest BCUT2D eigenvalue weighted by Gasteiger charge is -2.11. The van der Waals surface area contributed by atoms with E-state index in [0.29, 0.717) is 23.5 Å². The standard InChI is InChI=1S/C18H17BrN2O5/c1-3-25-16-10-12(11-20-21-18(23)24-2)4-9-15(16)26-17(22)13-5-7-14(19)8-6-13/h4-11H,3H2,1-2H3,(H,21,23)/b20-11+. The number of benzene rings is 2. The number of rotatable bonds is 6. The van der Waals surface area contributed by atoms with Gasteiger partial charge in [0.25, 0.3) is 0 Å². The molecule has 0 bridgehead atoms. The van der Waals surface area contributed by atoms with Crippen molar-refractivity contribution in [1.29, 1.82) is 0 Å². The number of halogens is 1. The lowest BCUT2D eigenvalue weighted by atomic mass is 10.2. The second-order valence-corrected chi connectivity index (χ2v) is 5.81. The Morgan fingerprint density at radius 1 is 1.15 bits per heavy atom. The van der Waals surface area contributed by atoms with Gasteiger partial charge in [0.2, 0.25) is 0 Å². The van der Waals surface area contributed by atoms with Crippen LogP contribution in [0, 0.1) is 0 Å². The molecule has 2 aromatic rings. The number of methoxy groups -OCH3 is 1. The third-order valence-corrected chi connectivity index (χ3v) is 3.63. The molecule has 2 aromatic carbocycles. The monoisotopic (exact) mass is 420 g/mol. The first-order valence-electron chi connectivity index (χ1n) is 7.65. The molecular weight excluding hydrogens is 404 g/mol. The number of carbonyl (C=O) groups is 2. The maximum atomic E-state index is 12.3. The molecule has 7 nitrogen and oxygen atoms in total. The lowest BCUT2D eigenvalue weighted by Crippen LogP contribution is -2.16. The van der Waals surface area contributed by atoms with Crippen LogP contribution in [0.1, 0.15) is 22.8 Å². The Morgan fingerprint density at radius 2 is 1.88 bits per heavy atom. The molecule has 0 unspecified atom stereocenters. The number of hydrogen-bond donors (Lipinski definition) is 1. The second-order valence-electron chi connectivity index (χ2n) is 4.90. The van der Waals surface area contributed by atoms with Crippen molar-refractivity contribution in [1.82, 2.24) is 5.43 Å². The number of nitrogens with one attached hydrogen (secondary N) is 1. The highest BCUT2D eigenvalue weighted by Crippen LogP contribution is 2.29. The zero-order valence-corrected chi connectivity index (χ0v) is 15.8. The summed E-state index contributed by atoms with van der Waals surface area (Å²) in [7, 11) is 1.24. The summed E-state index contributed by atoms with van der Waals surface area (Å²) >= 11 is 3.32. The van der Waals surface area contributed by atoms with Crippen LogP contribution in [0.2, 0.25) is 0 Å². The van der Waals surface area contributed by atoms with Gasteiger partial charge in [0.1, 0.15) is 0 Å². The first kappa shape index (κ1) is 19.5. The van der Waals surface area contributed by atoms with E-state index in [-0.39, 0.29) is 5.75 Å². The highest BCUT2D eigenvalue weighted by atomic mass is 79.9. The summed E-state index contributed by atoms with van der Waals surface area (Å²) in [4.78, 5) is 23.2. The minimum Gasteiger partial charge on any atom is -0.490 e. The molecule has 0 aliphatic rings. The van der Waals surface area contributed by atoms with Crippen LogP contribution in [0.3, 0.4) is 0 Å². The molecule has 0 saturated heterocycles. The smallest absolute Gasteiger partial charge is 0.427 e. The van der Waals surface area contributed by atoms with Crippen LogP contribution in [-0.4, -0.2) is 32.0 Å². The van der Waals surface area contributed by atoms with Crippen molar-refractivity contribution in [2.24, 2.45) is 5.10 Å². The maximum Gasteiger partial charge on any atom is 0.427 e. The predicted molar refractivity (Wildman–Crippen MR) is 99.8 cm³/mol. The minimum atomic E-state index is -0.675. The number of amides is 1. The molecule has 1 N–H and O–H groups in total. The van der Waals surface area contributed by atoms with Crippen LogP contribution in [-0.2, 0) is 4.74 Å². The van der Waals surface area contributed by atoms with Gasteiger partial charge in [-0.2, -0.15) is 5.10 Å². The summed E-state index contributed by atoms with van der Waals surface area (Å²) in [5.74, 6) is 0.185. The van der Waals surface area contributed by atoms with Gasteiger partial charge in [-0.05, 0) is 55.0 Å². The van der Waals surface area contributed by atoms with Gasteiger partial charge in [0, 0.05) is 4.47 Å². The molecular formula is C18H17BrN2O5. The van der Waals surface area contributed by atoms with E-state index in [9.17, 15) is 9.59 Å². The van der Waals surface area contributed by atoms with Crippen molar-refractivity contribution in [3.63, 3.8) is 0 Å². The molecule has 0 aliphatic heterocycles. The zero-order chi connectivity index (χ0) is 18.9. The molecule has 2 rings (SSSR count). The Labute approximate surface area is 159 Å². The van der Waals surface area contributed by atoms with Gasteiger partial charge in [-0.1, -0.05) is 15.9 Å². The van der Waals surface area contributed by atoms with Crippen LogP contribution in [0.5, 0.6) is 11.5 Å². The van der Waals surface area contributed by atoms with E-state index in [1.54, 1.807) is 42.5 Å². The summed E-state index contributed by atoms with van der Waals surface area (Å²) in [5, 5.41) is 3.74. The van der Waals surface area contributed by atoms with Crippen LogP contribution in [0.15, 0.2) is 52.0 Å². The SMILES string of the molecule is CCOc1cc(/C=N/NC(=O)OC)ccc1OC(=O)c1ccc(Br)cc1. The number of hydrazone groups is 1. The van der Waals surface area contributed by atoms with Crippen LogP contribution in [0.25, 0.3) is 0 Å². The van der Waals surface area contributed by atoms with Crippen LogP contribution < -0.4 is 14.9 Å². The Morgan fingerprint density at radius 3 is 2.54 bits per heavy atom. The summed E-state index contributed by atoms with van der Waals surface area (Å²) in [6.07, 6.45) is 0.742. The normalized spacial score (nSPS) is 10.4. The number of carbonyl (C=O) groups excluding carboxylic acids is 2. The van der Waals surface area contributed by atoms with Gasteiger partial charge in [-0.3, -0.25) is 0 Å². The average molecular weight is 421 g/mol. The fraction of sp³-hybridized carbons (Fsp3) is 0.167. The molecule has 8 heteroatoms. The van der Waals surface area contributed by atoms with Crippen molar-refractivity contribution < 1.29 is 23.8 Å². The molecule has 26 heavy (non-hydrogen) atoms. The second kappa shape index (κ2) is 9.57. The number of ether oxygens (including phenoxy) is 3. The first-order chi connectivity index (χ1) is 12.5. The molecule has 0 heterocycles. The van der Waals surface area contributed by atoms with E-state index >= 15 is 0 Å². The van der Waals surface area contributed by atoms with E-state index < -0.39 is 12.1 Å². The molecule has 1 amide bonds. The van der Waals surface area contributed by atoms with Gasteiger partial charge < -0.3 is 14.2 Å². The minimum absolute atomic E-state index is 0.290. The van der Waals surface area contributed by atoms with E-state index in [2.05, 4.69) is 31.2 Å². The molecule has 0 saturated carbocycles. The fourth-order valence-electron chi connectivity index (χ4n) is 1.91. The predicted octanol–water partition coefficient (Wildman–Crippen LogP) is 3.76. The van der Waals surface area contributed by atoms with Gasteiger partial charge in [-0.15, -0.1) is 0 Å². The van der Waals surface area contributed by atoms with Crippen molar-refractivity contribution >= 4 is 34.2 Å². The third-order valence-electron chi connectivity index (χ3n) is 3.11. The zero-order valence-electron chi connectivity index (χ0n) is 14.2. The molecule has 0 radical (unpaired) electrons. The summed E-state index contributed by atoms with van der Waals surface area (Å²) in [6, 6.07) is 11.8. The number of hydrogen-bond acceptors (Lipinski definition) is 6. The van der Waals surface area contributed by atoms with E-state index in [1.807, 2.05) is 6.92 Å². The molecule has 0 spiro atoms. The van der Waals surface area contributed by atoms with Crippen molar-refractivity contribution in [2.45, 2.75) is 6.92 Å². The van der Waals surface area contributed by atoms with Gasteiger partial charge in [-0.25, -0.2) is 15.0 Å². The third kappa shape index (κ3) is 5.59. The van der Waals surface area contributed by atoms with Crippen LogP contribution in [0.4, 0.5) is 4.79 Å². The van der Waals surface area contributed by atoms with Crippen molar-refractivity contribution in [3.8, 4) is 11.5 Å². The Hall–Kier alpha value is -2.87. The molecule has 0 atom stereocenters. The van der Waals surface area contributed by atoms with Gasteiger partial charge in [0.15, 0.2) is 11.5 Å². The Balaban J connectivity index is 2.15. The van der Waals surface area contributed by atoms with E-state index in [1.165, 1.54) is 13.3 Å². The lowest BCUT2D eigenvalue weighted by molar-refractivity contribution is 0.0728. The average Bonchev–Trinajstić information content (AvgIpc) is 2.64. The largest absolute Gasteiger partial charge is 0.490 e. The maximum absolute atomic E-state index is 12.3. The Kier molecular flexibility index (Phi) is 7.16. The van der Waals surface area contributed by atoms with E-state index in [0.717, 1.165) is 4.47 Å². The topological polar surface area (TPSA) is 86.2 Å². The quantitative estimate of drug-likeness (QED) is 0.332. The summed E-state index contributed by atoms with van der Waals surface area (Å²) in [6.45, 7) is 2.21. The molecule has 0 aromatic heterocycles. The van der Waals surface area contributed by atoms with E-state index in [4.69, 9.17) is 9.47 Å². The van der Waals surface area contributed by atoms with Gasteiger partial charge >= 0.3 is 12.1 Å². The number of esters is 1. The van der Waals surface area contributed by atoms with Gasteiger partial charge in [0.05, 0.1) is 25.5 Å².